The van der Waals surface area contributed by atoms with Crippen LogP contribution >= 0.6 is 0 Å². The molecule has 0 atom stereocenters. The van der Waals surface area contributed by atoms with Crippen LogP contribution in [0.25, 0.3) is 0 Å². The van der Waals surface area contributed by atoms with Crippen molar-refractivity contribution in [3.05, 3.63) is 29.6 Å². The molecular weight excluding hydrogens is 231 g/mol. The zero-order chi connectivity index (χ0) is 13.2. The maximum absolute atomic E-state index is 13.4. The number of methoxy groups -OCH3 is 1. The summed E-state index contributed by atoms with van der Waals surface area (Å²) < 4.78 is 18.3. The van der Waals surface area contributed by atoms with Crippen LogP contribution in [0.2, 0.25) is 0 Å². The SMILES string of the molecule is CNCCCCNCCc1ccc(OC)c(F)c1. The van der Waals surface area contributed by atoms with Gasteiger partial charge in [0, 0.05) is 0 Å². The predicted molar refractivity (Wildman–Crippen MR) is 72.7 cm³/mol. The number of rotatable bonds is 9. The second-order valence-electron chi connectivity index (χ2n) is 4.28. The van der Waals surface area contributed by atoms with Crippen molar-refractivity contribution < 1.29 is 9.13 Å². The number of ether oxygens (including phenoxy) is 1. The highest BCUT2D eigenvalue weighted by atomic mass is 19.1. The Morgan fingerprint density at radius 2 is 1.94 bits per heavy atom. The molecule has 4 heteroatoms. The third-order valence-electron chi connectivity index (χ3n) is 2.84. The van der Waals surface area contributed by atoms with Crippen LogP contribution in [0.1, 0.15) is 18.4 Å². The average Bonchev–Trinajstić information content (AvgIpc) is 2.38. The van der Waals surface area contributed by atoms with Crippen molar-refractivity contribution in [2.45, 2.75) is 19.3 Å². The van der Waals surface area contributed by atoms with Gasteiger partial charge in [0.15, 0.2) is 11.6 Å². The fourth-order valence-corrected chi connectivity index (χ4v) is 1.77. The Balaban J connectivity index is 2.17. The summed E-state index contributed by atoms with van der Waals surface area (Å²) in [7, 11) is 3.44. The topological polar surface area (TPSA) is 33.3 Å². The van der Waals surface area contributed by atoms with E-state index in [0.29, 0.717) is 5.75 Å². The van der Waals surface area contributed by atoms with Gasteiger partial charge in [-0.15, -0.1) is 0 Å². The number of nitrogens with one attached hydrogen (secondary N) is 2. The number of hydrogen-bond acceptors (Lipinski definition) is 3. The van der Waals surface area contributed by atoms with Gasteiger partial charge in [-0.25, -0.2) is 4.39 Å². The largest absolute Gasteiger partial charge is 0.494 e. The molecule has 0 aliphatic heterocycles. The highest BCUT2D eigenvalue weighted by Gasteiger charge is 2.02. The third kappa shape index (κ3) is 5.47. The van der Waals surface area contributed by atoms with Gasteiger partial charge < -0.3 is 15.4 Å². The van der Waals surface area contributed by atoms with Crippen LogP contribution in [-0.2, 0) is 6.42 Å². The molecule has 3 nitrogen and oxygen atoms in total. The molecule has 0 aliphatic rings. The molecule has 1 aromatic carbocycles. The highest BCUT2D eigenvalue weighted by Crippen LogP contribution is 2.17. The molecule has 0 saturated heterocycles. The zero-order valence-electron chi connectivity index (χ0n) is 11.3. The van der Waals surface area contributed by atoms with Gasteiger partial charge in [-0.2, -0.15) is 0 Å². The standard InChI is InChI=1S/C14H23FN2O/c1-16-8-3-4-9-17-10-7-12-5-6-14(18-2)13(15)11-12/h5-6,11,16-17H,3-4,7-10H2,1-2H3. The second-order valence-corrected chi connectivity index (χ2v) is 4.28. The van der Waals surface area contributed by atoms with Crippen LogP contribution in [0.4, 0.5) is 4.39 Å². The van der Waals surface area contributed by atoms with E-state index in [0.717, 1.165) is 38.0 Å². The van der Waals surface area contributed by atoms with E-state index in [-0.39, 0.29) is 5.82 Å². The number of benzene rings is 1. The van der Waals surface area contributed by atoms with Crippen LogP contribution < -0.4 is 15.4 Å². The molecule has 0 amide bonds. The summed E-state index contributed by atoms with van der Waals surface area (Å²) in [6.45, 7) is 2.96. The lowest BCUT2D eigenvalue weighted by Crippen LogP contribution is -2.19. The van der Waals surface area contributed by atoms with Gasteiger partial charge in [0.2, 0.25) is 0 Å². The number of halogens is 1. The van der Waals surface area contributed by atoms with Crippen molar-refractivity contribution in [3.63, 3.8) is 0 Å². The van der Waals surface area contributed by atoms with Crippen LogP contribution in [0.5, 0.6) is 5.75 Å². The Bertz CT molecular complexity index is 345. The van der Waals surface area contributed by atoms with Crippen molar-refractivity contribution >= 4 is 0 Å². The normalized spacial score (nSPS) is 10.6. The van der Waals surface area contributed by atoms with Gasteiger partial charge in [0.25, 0.3) is 0 Å². The zero-order valence-corrected chi connectivity index (χ0v) is 11.3. The lowest BCUT2D eigenvalue weighted by molar-refractivity contribution is 0.386. The van der Waals surface area contributed by atoms with Crippen molar-refractivity contribution in [2.24, 2.45) is 0 Å². The number of hydrogen-bond donors (Lipinski definition) is 2. The van der Waals surface area contributed by atoms with Crippen LogP contribution in [0.15, 0.2) is 18.2 Å². The van der Waals surface area contributed by atoms with E-state index in [2.05, 4.69) is 10.6 Å². The summed E-state index contributed by atoms with van der Waals surface area (Å²) >= 11 is 0. The van der Waals surface area contributed by atoms with Gasteiger partial charge in [-0.1, -0.05) is 6.07 Å². The van der Waals surface area contributed by atoms with Gasteiger partial charge >= 0.3 is 0 Å². The van der Waals surface area contributed by atoms with Crippen LogP contribution in [0.3, 0.4) is 0 Å². The molecule has 0 aliphatic carbocycles. The van der Waals surface area contributed by atoms with E-state index in [9.17, 15) is 4.39 Å². The molecular formula is C14H23FN2O. The lowest BCUT2D eigenvalue weighted by Gasteiger charge is -2.07. The van der Waals surface area contributed by atoms with E-state index in [1.165, 1.54) is 13.5 Å². The van der Waals surface area contributed by atoms with E-state index >= 15 is 0 Å². The van der Waals surface area contributed by atoms with Gasteiger partial charge in [-0.3, -0.25) is 0 Å². The quantitative estimate of drug-likeness (QED) is 0.661. The molecule has 0 spiro atoms. The molecule has 0 radical (unpaired) electrons. The van der Waals surface area contributed by atoms with E-state index in [1.807, 2.05) is 13.1 Å². The van der Waals surface area contributed by atoms with Gasteiger partial charge in [-0.05, 0) is 63.6 Å². The highest BCUT2D eigenvalue weighted by molar-refractivity contribution is 5.29. The summed E-state index contributed by atoms with van der Waals surface area (Å²) in [5.74, 6) is 0.0165. The van der Waals surface area contributed by atoms with Crippen molar-refractivity contribution in [3.8, 4) is 5.75 Å². The maximum atomic E-state index is 13.4. The molecule has 0 aromatic heterocycles. The molecule has 1 aromatic rings. The number of unbranched alkanes of at least 4 members (excludes halogenated alkanes) is 1. The Morgan fingerprint density at radius 1 is 1.17 bits per heavy atom. The molecule has 18 heavy (non-hydrogen) atoms. The summed E-state index contributed by atoms with van der Waals surface area (Å²) in [5.41, 5.74) is 0.996. The van der Waals surface area contributed by atoms with Crippen LogP contribution in [-0.4, -0.2) is 33.8 Å². The monoisotopic (exact) mass is 254 g/mol. The lowest BCUT2D eigenvalue weighted by atomic mass is 10.1. The summed E-state index contributed by atoms with van der Waals surface area (Å²) in [5, 5.41) is 6.48. The minimum atomic E-state index is -0.288. The molecule has 0 fully saturated rings. The molecule has 0 saturated carbocycles. The Morgan fingerprint density at radius 3 is 2.61 bits per heavy atom. The van der Waals surface area contributed by atoms with E-state index in [1.54, 1.807) is 12.1 Å². The first-order valence-corrected chi connectivity index (χ1v) is 6.45. The van der Waals surface area contributed by atoms with E-state index in [4.69, 9.17) is 4.74 Å². The van der Waals surface area contributed by atoms with Crippen molar-refractivity contribution in [1.82, 2.24) is 10.6 Å². The summed E-state index contributed by atoms with van der Waals surface area (Å²) in [6.07, 6.45) is 3.19. The van der Waals surface area contributed by atoms with Crippen molar-refractivity contribution in [2.75, 3.05) is 33.8 Å². The van der Waals surface area contributed by atoms with Crippen molar-refractivity contribution in [1.29, 1.82) is 0 Å². The second kappa shape index (κ2) is 8.89. The summed E-state index contributed by atoms with van der Waals surface area (Å²) in [6, 6.07) is 5.13. The van der Waals surface area contributed by atoms with Crippen LogP contribution in [0, 0.1) is 5.82 Å². The van der Waals surface area contributed by atoms with Gasteiger partial charge in [0.05, 0.1) is 7.11 Å². The minimum Gasteiger partial charge on any atom is -0.494 e. The molecule has 2 N–H and O–H groups in total. The summed E-state index contributed by atoms with van der Waals surface area (Å²) in [4.78, 5) is 0. The smallest absolute Gasteiger partial charge is 0.165 e. The molecule has 102 valence electrons. The maximum Gasteiger partial charge on any atom is 0.165 e. The van der Waals surface area contributed by atoms with Gasteiger partial charge in [0.1, 0.15) is 0 Å². The molecule has 0 heterocycles. The Kier molecular flexibility index (Phi) is 7.37. The molecule has 0 unspecified atom stereocenters. The first-order valence-electron chi connectivity index (χ1n) is 6.45. The third-order valence-corrected chi connectivity index (χ3v) is 2.84. The average molecular weight is 254 g/mol. The Labute approximate surface area is 109 Å². The fourth-order valence-electron chi connectivity index (χ4n) is 1.77. The first-order chi connectivity index (χ1) is 8.77. The first kappa shape index (κ1) is 14.9. The predicted octanol–water partition coefficient (Wildman–Crippen LogP) is 1.97. The molecule has 1 rings (SSSR count). The minimum absolute atomic E-state index is 0.288. The fraction of sp³-hybridized carbons (Fsp3) is 0.571. The molecule has 0 bridgehead atoms. The van der Waals surface area contributed by atoms with E-state index < -0.39 is 0 Å². The Hall–Kier alpha value is -1.13.